The van der Waals surface area contributed by atoms with E-state index in [9.17, 15) is 4.79 Å². The highest BCUT2D eigenvalue weighted by Crippen LogP contribution is 2.49. The number of likely N-dealkylation sites (N-methyl/N-ethyl adjacent to an activating group) is 1. The van der Waals surface area contributed by atoms with Gasteiger partial charge in [0.15, 0.2) is 0 Å². The molecule has 2 aliphatic rings. The topological polar surface area (TPSA) is 32.3 Å². The Bertz CT molecular complexity index is 269. The lowest BCUT2D eigenvalue weighted by Crippen LogP contribution is -2.44. The number of carbonyl (C=O) groups excluding carboxylic acids is 1. The molecule has 92 valence electrons. The van der Waals surface area contributed by atoms with E-state index in [-0.39, 0.29) is 5.91 Å². The van der Waals surface area contributed by atoms with Gasteiger partial charge in [-0.15, -0.1) is 0 Å². The van der Waals surface area contributed by atoms with E-state index in [1.54, 1.807) is 0 Å². The van der Waals surface area contributed by atoms with Gasteiger partial charge in [0.2, 0.25) is 5.91 Å². The van der Waals surface area contributed by atoms with E-state index in [0.717, 1.165) is 12.5 Å². The lowest BCUT2D eigenvalue weighted by molar-refractivity contribution is -0.131. The molecule has 1 unspecified atom stereocenters. The van der Waals surface area contributed by atoms with Gasteiger partial charge in [-0.25, -0.2) is 0 Å². The molecule has 3 nitrogen and oxygen atoms in total. The number of amides is 1. The smallest absolute Gasteiger partial charge is 0.236 e. The van der Waals surface area contributed by atoms with E-state index in [1.165, 1.54) is 25.7 Å². The molecule has 1 amide bonds. The number of rotatable bonds is 6. The molecular formula is C13H24N2O. The maximum Gasteiger partial charge on any atom is 0.236 e. The summed E-state index contributed by atoms with van der Waals surface area (Å²) in [5, 5.41) is 3.26. The second kappa shape index (κ2) is 4.36. The van der Waals surface area contributed by atoms with E-state index in [4.69, 9.17) is 0 Å². The second-order valence-electron chi connectivity index (χ2n) is 5.91. The van der Waals surface area contributed by atoms with Crippen LogP contribution in [-0.2, 0) is 4.79 Å². The third-order valence-corrected chi connectivity index (χ3v) is 4.43. The van der Waals surface area contributed by atoms with Crippen molar-refractivity contribution in [2.75, 3.05) is 20.1 Å². The highest BCUT2D eigenvalue weighted by Gasteiger charge is 2.45. The Morgan fingerprint density at radius 2 is 2.12 bits per heavy atom. The number of hydrogen-bond donors (Lipinski definition) is 1. The van der Waals surface area contributed by atoms with Gasteiger partial charge in [0, 0.05) is 13.1 Å². The third kappa shape index (κ3) is 2.76. The van der Waals surface area contributed by atoms with Crippen LogP contribution in [0.3, 0.4) is 0 Å². The maximum absolute atomic E-state index is 11.9. The van der Waals surface area contributed by atoms with Gasteiger partial charge in [0.05, 0.1) is 6.54 Å². The summed E-state index contributed by atoms with van der Waals surface area (Å²) in [6.45, 7) is 5.98. The van der Waals surface area contributed by atoms with Crippen LogP contribution in [0.25, 0.3) is 0 Å². The van der Waals surface area contributed by atoms with E-state index >= 15 is 0 Å². The molecule has 0 aromatic rings. The first-order valence-corrected chi connectivity index (χ1v) is 6.49. The molecule has 0 saturated heterocycles. The largest absolute Gasteiger partial charge is 0.341 e. The molecule has 0 aromatic carbocycles. The zero-order valence-electron chi connectivity index (χ0n) is 10.8. The lowest BCUT2D eigenvalue weighted by Gasteiger charge is -2.30. The summed E-state index contributed by atoms with van der Waals surface area (Å²) in [5.41, 5.74) is 0.390. The number of hydrogen-bond acceptors (Lipinski definition) is 2. The fraction of sp³-hybridized carbons (Fsp3) is 0.923. The standard InChI is InChI=1S/C13H24N2O/c1-10(13(2)6-7-13)15(3)12(16)9-14-8-11-4-5-11/h10-11,14H,4-9H2,1-3H3. The van der Waals surface area contributed by atoms with Crippen LogP contribution in [0.15, 0.2) is 0 Å². The molecule has 1 atom stereocenters. The highest BCUT2D eigenvalue weighted by molar-refractivity contribution is 5.78. The maximum atomic E-state index is 11.9. The van der Waals surface area contributed by atoms with Gasteiger partial charge < -0.3 is 10.2 Å². The first-order chi connectivity index (χ1) is 7.53. The van der Waals surface area contributed by atoms with Crippen molar-refractivity contribution in [3.63, 3.8) is 0 Å². The Labute approximate surface area is 98.6 Å². The SMILES string of the molecule is CC(N(C)C(=O)CNCC1CC1)C1(C)CC1. The average Bonchev–Trinajstić information content (AvgIpc) is 3.14. The monoisotopic (exact) mass is 224 g/mol. The Morgan fingerprint density at radius 1 is 1.50 bits per heavy atom. The number of nitrogens with one attached hydrogen (secondary N) is 1. The molecule has 3 heteroatoms. The summed E-state index contributed by atoms with van der Waals surface area (Å²) in [6, 6.07) is 0.378. The lowest BCUT2D eigenvalue weighted by atomic mass is 9.99. The predicted octanol–water partition coefficient (Wildman–Crippen LogP) is 1.63. The van der Waals surface area contributed by atoms with Crippen molar-refractivity contribution in [1.82, 2.24) is 10.2 Å². The molecule has 16 heavy (non-hydrogen) atoms. The van der Waals surface area contributed by atoms with Gasteiger partial charge in [-0.3, -0.25) is 4.79 Å². The van der Waals surface area contributed by atoms with Gasteiger partial charge in [-0.1, -0.05) is 6.92 Å². The molecule has 1 N–H and O–H groups in total. The van der Waals surface area contributed by atoms with Gasteiger partial charge in [-0.2, -0.15) is 0 Å². The number of nitrogens with zero attached hydrogens (tertiary/aromatic N) is 1. The third-order valence-electron chi connectivity index (χ3n) is 4.43. The second-order valence-corrected chi connectivity index (χ2v) is 5.91. The van der Waals surface area contributed by atoms with Crippen molar-refractivity contribution >= 4 is 5.91 Å². The van der Waals surface area contributed by atoms with Crippen LogP contribution in [0.5, 0.6) is 0 Å². The predicted molar refractivity (Wildman–Crippen MR) is 65.2 cm³/mol. The van der Waals surface area contributed by atoms with Crippen molar-refractivity contribution in [1.29, 1.82) is 0 Å². The van der Waals surface area contributed by atoms with E-state index < -0.39 is 0 Å². The van der Waals surface area contributed by atoms with Gasteiger partial charge in [0.25, 0.3) is 0 Å². The Hall–Kier alpha value is -0.570. The molecule has 2 saturated carbocycles. The zero-order valence-corrected chi connectivity index (χ0v) is 10.8. The molecule has 0 aromatic heterocycles. The molecule has 0 spiro atoms. The summed E-state index contributed by atoms with van der Waals surface area (Å²) in [6.07, 6.45) is 5.21. The summed E-state index contributed by atoms with van der Waals surface area (Å²) >= 11 is 0. The van der Waals surface area contributed by atoms with Crippen molar-refractivity contribution in [3.8, 4) is 0 Å². The summed E-state index contributed by atoms with van der Waals surface area (Å²) < 4.78 is 0. The quantitative estimate of drug-likeness (QED) is 0.744. The van der Waals surface area contributed by atoms with Crippen LogP contribution < -0.4 is 5.32 Å². The molecule has 0 heterocycles. The summed E-state index contributed by atoms with van der Waals surface area (Å²) in [5.74, 6) is 1.08. The summed E-state index contributed by atoms with van der Waals surface area (Å²) in [7, 11) is 1.94. The first-order valence-electron chi connectivity index (χ1n) is 6.49. The molecular weight excluding hydrogens is 200 g/mol. The van der Waals surface area contributed by atoms with Crippen molar-refractivity contribution in [3.05, 3.63) is 0 Å². The van der Waals surface area contributed by atoms with Crippen LogP contribution in [0.4, 0.5) is 0 Å². The van der Waals surface area contributed by atoms with E-state index in [1.807, 2.05) is 11.9 Å². The zero-order chi connectivity index (χ0) is 11.8. The molecule has 0 bridgehead atoms. The van der Waals surface area contributed by atoms with Crippen LogP contribution >= 0.6 is 0 Å². The molecule has 0 aliphatic heterocycles. The van der Waals surface area contributed by atoms with Gasteiger partial charge in [-0.05, 0) is 50.5 Å². The number of carbonyl (C=O) groups is 1. The van der Waals surface area contributed by atoms with E-state index in [2.05, 4.69) is 19.2 Å². The van der Waals surface area contributed by atoms with Crippen LogP contribution in [0.1, 0.15) is 39.5 Å². The van der Waals surface area contributed by atoms with Gasteiger partial charge in [0.1, 0.15) is 0 Å². The molecule has 2 fully saturated rings. The fourth-order valence-corrected chi connectivity index (χ4v) is 2.13. The highest BCUT2D eigenvalue weighted by atomic mass is 16.2. The Morgan fingerprint density at radius 3 is 2.62 bits per heavy atom. The fourth-order valence-electron chi connectivity index (χ4n) is 2.13. The van der Waals surface area contributed by atoms with Crippen molar-refractivity contribution < 1.29 is 4.79 Å². The minimum atomic E-state index is 0.237. The minimum Gasteiger partial charge on any atom is -0.341 e. The van der Waals surface area contributed by atoms with Crippen LogP contribution in [0, 0.1) is 11.3 Å². The molecule has 0 radical (unpaired) electrons. The van der Waals surface area contributed by atoms with Crippen LogP contribution in [0.2, 0.25) is 0 Å². The first kappa shape index (κ1) is 11.9. The van der Waals surface area contributed by atoms with E-state index in [0.29, 0.717) is 18.0 Å². The molecule has 2 rings (SSSR count). The van der Waals surface area contributed by atoms with Crippen molar-refractivity contribution in [2.24, 2.45) is 11.3 Å². The van der Waals surface area contributed by atoms with Crippen molar-refractivity contribution in [2.45, 2.75) is 45.6 Å². The summed E-state index contributed by atoms with van der Waals surface area (Å²) in [4.78, 5) is 13.8. The Kier molecular flexibility index (Phi) is 3.24. The normalized spacial score (nSPS) is 23.9. The van der Waals surface area contributed by atoms with Crippen LogP contribution in [-0.4, -0.2) is 37.0 Å². The molecule has 2 aliphatic carbocycles. The average molecular weight is 224 g/mol. The Balaban J connectivity index is 1.70. The minimum absolute atomic E-state index is 0.237. The van der Waals surface area contributed by atoms with Gasteiger partial charge >= 0.3 is 0 Å².